The van der Waals surface area contributed by atoms with Gasteiger partial charge in [-0.1, -0.05) is 20.3 Å². The molecule has 15 heavy (non-hydrogen) atoms. The van der Waals surface area contributed by atoms with Gasteiger partial charge in [0.2, 0.25) is 0 Å². The summed E-state index contributed by atoms with van der Waals surface area (Å²) in [5.74, 6) is 1.01. The Hall–Kier alpha value is 0.507. The molecule has 0 amide bonds. The molecule has 1 saturated heterocycles. The third-order valence-electron chi connectivity index (χ3n) is 5.12. The molecule has 2 saturated carbocycles. The first-order valence-electron chi connectivity index (χ1n) is 5.32. The number of fused-ring (bicyclic) bond motifs is 1. The fourth-order valence-electron chi connectivity index (χ4n) is 4.08. The molecule has 0 aromatic heterocycles. The van der Waals surface area contributed by atoms with Gasteiger partial charge in [-0.05, 0) is 29.6 Å². The van der Waals surface area contributed by atoms with Crippen LogP contribution in [0.4, 0.5) is 0 Å². The summed E-state index contributed by atoms with van der Waals surface area (Å²) in [6.07, 6.45) is 3.28. The van der Waals surface area contributed by atoms with E-state index < -0.39 is 10.0 Å². The first-order valence-corrected chi connectivity index (χ1v) is 6.93. The summed E-state index contributed by atoms with van der Waals surface area (Å²) in [5, 5.41) is 0. The Morgan fingerprint density at radius 3 is 2.53 bits per heavy atom. The smallest absolute Gasteiger partial charge is 0.546 e. The molecule has 0 radical (unpaired) electrons. The van der Waals surface area contributed by atoms with E-state index in [1.807, 2.05) is 0 Å². The topological polar surface area (TPSA) is 48.2 Å². The van der Waals surface area contributed by atoms with Crippen LogP contribution in [0, 0.1) is 16.7 Å². The van der Waals surface area contributed by atoms with Gasteiger partial charge >= 0.3 is 18.9 Å². The normalized spacial score (nSPS) is 48.7. The van der Waals surface area contributed by atoms with Gasteiger partial charge in [0.25, 0.3) is 0 Å². The van der Waals surface area contributed by atoms with E-state index in [-0.39, 0.29) is 35.7 Å². The van der Waals surface area contributed by atoms with Crippen molar-refractivity contribution in [2.75, 3.05) is 5.75 Å². The average Bonchev–Trinajstić information content (AvgIpc) is 2.50. The largest absolute Gasteiger partial charge is 1.00 e. The van der Waals surface area contributed by atoms with Crippen molar-refractivity contribution < 1.29 is 27.3 Å². The maximum absolute atomic E-state index is 11.5. The van der Waals surface area contributed by atoms with E-state index in [2.05, 4.69) is 18.6 Å². The zero-order valence-electron chi connectivity index (χ0n) is 9.66. The maximum Gasteiger partial charge on any atom is 1.00 e. The molecule has 1 aliphatic heterocycles. The molecule has 80 valence electrons. The molecule has 3 atom stereocenters. The van der Waals surface area contributed by atoms with E-state index in [0.29, 0.717) is 11.7 Å². The van der Waals surface area contributed by atoms with Crippen molar-refractivity contribution in [3.8, 4) is 0 Å². The van der Waals surface area contributed by atoms with Crippen LogP contribution in [0.3, 0.4) is 0 Å². The van der Waals surface area contributed by atoms with Gasteiger partial charge in [0.15, 0.2) is 0 Å². The third-order valence-corrected chi connectivity index (χ3v) is 6.57. The monoisotopic (exact) mass is 221 g/mol. The zero-order chi connectivity index (χ0) is 10.2. The molecule has 0 aromatic carbocycles. The van der Waals surface area contributed by atoms with Crippen LogP contribution in [0.5, 0.6) is 0 Å². The van der Waals surface area contributed by atoms with Crippen LogP contribution in [0.15, 0.2) is 0 Å². The number of sulfonamides is 1. The van der Waals surface area contributed by atoms with Crippen LogP contribution in [-0.4, -0.2) is 20.2 Å². The van der Waals surface area contributed by atoms with Gasteiger partial charge in [-0.15, -0.1) is 6.04 Å². The van der Waals surface area contributed by atoms with E-state index in [4.69, 9.17) is 0 Å². The molecule has 2 bridgehead atoms. The van der Waals surface area contributed by atoms with Gasteiger partial charge in [-0.2, -0.15) is 0 Å². The molecular weight excluding hydrogens is 205 g/mol. The van der Waals surface area contributed by atoms with Crippen LogP contribution >= 0.6 is 0 Å². The van der Waals surface area contributed by atoms with Crippen LogP contribution in [0.25, 0.3) is 4.72 Å². The Balaban J connectivity index is 0.000000853. The molecule has 0 aromatic rings. The summed E-state index contributed by atoms with van der Waals surface area (Å²) in [4.78, 5) is 0. The van der Waals surface area contributed by atoms with Crippen molar-refractivity contribution in [2.24, 2.45) is 16.7 Å². The number of hydrogen-bond acceptors (Lipinski definition) is 2. The molecule has 1 spiro atoms. The number of nitrogens with zero attached hydrogens (tertiary/aromatic N) is 1. The van der Waals surface area contributed by atoms with Crippen molar-refractivity contribution in [3.63, 3.8) is 0 Å². The molecular formula is C10H16LiNO2S. The molecule has 1 heterocycles. The van der Waals surface area contributed by atoms with Crippen LogP contribution in [0.2, 0.25) is 0 Å². The molecule has 3 fully saturated rings. The van der Waals surface area contributed by atoms with Gasteiger partial charge < -0.3 is 4.72 Å². The Morgan fingerprint density at radius 1 is 1.33 bits per heavy atom. The van der Waals surface area contributed by atoms with E-state index in [1.54, 1.807) is 0 Å². The average molecular weight is 221 g/mol. The van der Waals surface area contributed by atoms with E-state index in [1.165, 1.54) is 6.42 Å². The summed E-state index contributed by atoms with van der Waals surface area (Å²) >= 11 is 0. The standard InChI is InChI=1S/C10H16NO2S.Li/c1-9(2)7-3-4-10(9)6-14(12,13)11-8(10)5-7;/h7-8H,3-6H2,1-2H3;/q-1;+1/t7-,8-,10-;/m0./s1. The Kier molecular flexibility index (Phi) is 2.43. The molecule has 2 aliphatic carbocycles. The summed E-state index contributed by atoms with van der Waals surface area (Å²) in [6, 6.07) is 0.112. The fraction of sp³-hybridized carbons (Fsp3) is 1.00. The molecule has 3 rings (SSSR count). The quantitative estimate of drug-likeness (QED) is 0.488. The van der Waals surface area contributed by atoms with Gasteiger partial charge in [0.05, 0.1) is 10.0 Å². The van der Waals surface area contributed by atoms with E-state index in [0.717, 1.165) is 12.8 Å². The molecule has 0 unspecified atom stereocenters. The van der Waals surface area contributed by atoms with Crippen LogP contribution < -0.4 is 18.9 Å². The first-order chi connectivity index (χ1) is 6.37. The summed E-state index contributed by atoms with van der Waals surface area (Å²) in [7, 11) is -3.10. The summed E-state index contributed by atoms with van der Waals surface area (Å²) < 4.78 is 27.1. The molecule has 3 aliphatic rings. The zero-order valence-corrected chi connectivity index (χ0v) is 10.5. The van der Waals surface area contributed by atoms with Crippen molar-refractivity contribution in [2.45, 2.75) is 39.2 Å². The second-order valence-electron chi connectivity index (χ2n) is 5.70. The maximum atomic E-state index is 11.5. The first kappa shape index (κ1) is 12.0. The molecule has 0 N–H and O–H groups in total. The minimum atomic E-state index is -3.10. The summed E-state index contributed by atoms with van der Waals surface area (Å²) in [6.45, 7) is 4.47. The Morgan fingerprint density at radius 2 is 2.00 bits per heavy atom. The van der Waals surface area contributed by atoms with Gasteiger partial charge in [-0.25, -0.2) is 8.42 Å². The Bertz CT molecular complexity index is 392. The fourth-order valence-corrected chi connectivity index (χ4v) is 6.19. The number of rotatable bonds is 0. The van der Waals surface area contributed by atoms with Crippen molar-refractivity contribution in [3.05, 3.63) is 4.72 Å². The second kappa shape index (κ2) is 3.04. The van der Waals surface area contributed by atoms with Gasteiger partial charge in [0.1, 0.15) is 0 Å². The second-order valence-corrected chi connectivity index (χ2v) is 7.36. The predicted octanol–water partition coefficient (Wildman–Crippen LogP) is -1.10. The van der Waals surface area contributed by atoms with Gasteiger partial charge in [-0.3, -0.25) is 0 Å². The third kappa shape index (κ3) is 1.26. The SMILES string of the molecule is CC1(C)[C@H]2CC[C@@]13CS(=O)(=O)[N-][C@H]3C2.[Li+]. The van der Waals surface area contributed by atoms with E-state index in [9.17, 15) is 8.42 Å². The number of hydrogen-bond donors (Lipinski definition) is 0. The summed E-state index contributed by atoms with van der Waals surface area (Å²) in [5.41, 5.74) is 0.182. The van der Waals surface area contributed by atoms with Crippen molar-refractivity contribution in [1.29, 1.82) is 0 Å². The van der Waals surface area contributed by atoms with Crippen LogP contribution in [0.1, 0.15) is 33.1 Å². The van der Waals surface area contributed by atoms with Crippen LogP contribution in [-0.2, 0) is 10.0 Å². The van der Waals surface area contributed by atoms with Crippen molar-refractivity contribution in [1.82, 2.24) is 0 Å². The molecule has 5 heteroatoms. The Labute approximate surface area is 104 Å². The van der Waals surface area contributed by atoms with Gasteiger partial charge in [0, 0.05) is 5.75 Å². The minimum Gasteiger partial charge on any atom is -0.546 e. The van der Waals surface area contributed by atoms with Crippen molar-refractivity contribution >= 4 is 10.0 Å². The predicted molar refractivity (Wildman–Crippen MR) is 54.5 cm³/mol. The molecule has 3 nitrogen and oxygen atoms in total. The minimum absolute atomic E-state index is 0. The van der Waals surface area contributed by atoms with E-state index >= 15 is 0 Å².